The molecule has 0 atom stereocenters. The number of ether oxygens (including phenoxy) is 1. The SMILES string of the molecule is CCN(CC)CCNC(=O)c1cccc(-c2cncc(-c3ccc(O)c(OC)c3)n2)c1. The van der Waals surface area contributed by atoms with Crippen molar-refractivity contribution >= 4 is 5.91 Å². The number of hydrogen-bond acceptors (Lipinski definition) is 6. The molecule has 162 valence electrons. The van der Waals surface area contributed by atoms with E-state index in [0.717, 1.165) is 30.8 Å². The maximum atomic E-state index is 12.6. The van der Waals surface area contributed by atoms with Crippen LogP contribution >= 0.6 is 0 Å². The van der Waals surface area contributed by atoms with E-state index < -0.39 is 0 Å². The zero-order valence-corrected chi connectivity index (χ0v) is 18.1. The van der Waals surface area contributed by atoms with Gasteiger partial charge in [0.1, 0.15) is 0 Å². The van der Waals surface area contributed by atoms with Crippen LogP contribution in [0.4, 0.5) is 0 Å². The van der Waals surface area contributed by atoms with Gasteiger partial charge in [0.05, 0.1) is 30.9 Å². The van der Waals surface area contributed by atoms with E-state index in [9.17, 15) is 9.90 Å². The minimum atomic E-state index is -0.110. The van der Waals surface area contributed by atoms with E-state index in [0.29, 0.717) is 29.2 Å². The molecule has 1 amide bonds. The lowest BCUT2D eigenvalue weighted by Crippen LogP contribution is -2.34. The summed E-state index contributed by atoms with van der Waals surface area (Å²) in [6.07, 6.45) is 3.32. The number of phenolic OH excluding ortho intramolecular Hbond substituents is 1. The Morgan fingerprint density at radius 2 is 1.77 bits per heavy atom. The zero-order valence-electron chi connectivity index (χ0n) is 18.1. The predicted octanol–water partition coefficient (Wildman–Crippen LogP) is 3.60. The monoisotopic (exact) mass is 420 g/mol. The number of phenols is 1. The minimum Gasteiger partial charge on any atom is -0.504 e. The Morgan fingerprint density at radius 1 is 1.06 bits per heavy atom. The normalized spacial score (nSPS) is 10.8. The molecular formula is C24H28N4O3. The third-order valence-corrected chi connectivity index (χ3v) is 5.14. The van der Waals surface area contributed by atoms with Gasteiger partial charge in [-0.2, -0.15) is 0 Å². The molecule has 7 heteroatoms. The van der Waals surface area contributed by atoms with Gasteiger partial charge in [0.2, 0.25) is 0 Å². The van der Waals surface area contributed by atoms with E-state index in [2.05, 4.69) is 34.0 Å². The number of likely N-dealkylation sites (N-methyl/N-ethyl adjacent to an activating group) is 1. The molecule has 0 spiro atoms. The van der Waals surface area contributed by atoms with Crippen molar-refractivity contribution in [1.82, 2.24) is 20.2 Å². The fraction of sp³-hybridized carbons (Fsp3) is 0.292. The van der Waals surface area contributed by atoms with Crippen LogP contribution in [0.2, 0.25) is 0 Å². The number of aromatic nitrogens is 2. The van der Waals surface area contributed by atoms with Crippen LogP contribution in [0.15, 0.2) is 54.9 Å². The van der Waals surface area contributed by atoms with E-state index in [-0.39, 0.29) is 11.7 Å². The average molecular weight is 421 g/mol. The van der Waals surface area contributed by atoms with Gasteiger partial charge in [-0.3, -0.25) is 9.78 Å². The van der Waals surface area contributed by atoms with Gasteiger partial charge in [-0.1, -0.05) is 26.0 Å². The van der Waals surface area contributed by atoms with Gasteiger partial charge in [-0.25, -0.2) is 4.98 Å². The highest BCUT2D eigenvalue weighted by Crippen LogP contribution is 2.31. The minimum absolute atomic E-state index is 0.0649. The highest BCUT2D eigenvalue weighted by atomic mass is 16.5. The largest absolute Gasteiger partial charge is 0.504 e. The van der Waals surface area contributed by atoms with Gasteiger partial charge in [-0.05, 0) is 43.4 Å². The number of amides is 1. The second-order valence-electron chi connectivity index (χ2n) is 7.04. The molecule has 0 aliphatic carbocycles. The summed E-state index contributed by atoms with van der Waals surface area (Å²) in [6.45, 7) is 7.56. The molecule has 0 fully saturated rings. The quantitative estimate of drug-likeness (QED) is 0.550. The van der Waals surface area contributed by atoms with Crippen molar-refractivity contribution in [3.05, 3.63) is 60.4 Å². The first-order valence-corrected chi connectivity index (χ1v) is 10.4. The molecular weight excluding hydrogens is 392 g/mol. The van der Waals surface area contributed by atoms with Crippen LogP contribution in [0.5, 0.6) is 11.5 Å². The second kappa shape index (κ2) is 10.5. The Kier molecular flexibility index (Phi) is 7.56. The van der Waals surface area contributed by atoms with E-state index >= 15 is 0 Å². The van der Waals surface area contributed by atoms with Crippen LogP contribution in [-0.2, 0) is 0 Å². The molecule has 2 N–H and O–H groups in total. The third-order valence-electron chi connectivity index (χ3n) is 5.14. The maximum absolute atomic E-state index is 12.6. The van der Waals surface area contributed by atoms with Crippen molar-refractivity contribution in [2.24, 2.45) is 0 Å². The molecule has 1 aromatic heterocycles. The van der Waals surface area contributed by atoms with Crippen molar-refractivity contribution in [3.63, 3.8) is 0 Å². The lowest BCUT2D eigenvalue weighted by molar-refractivity contribution is 0.0949. The molecule has 0 aliphatic rings. The van der Waals surface area contributed by atoms with Crippen molar-refractivity contribution in [2.75, 3.05) is 33.3 Å². The first-order valence-electron chi connectivity index (χ1n) is 10.4. The lowest BCUT2D eigenvalue weighted by atomic mass is 10.1. The van der Waals surface area contributed by atoms with Crippen LogP contribution in [-0.4, -0.2) is 59.2 Å². The van der Waals surface area contributed by atoms with Crippen molar-refractivity contribution in [3.8, 4) is 34.0 Å². The van der Waals surface area contributed by atoms with Crippen LogP contribution in [0.1, 0.15) is 24.2 Å². The molecule has 3 aromatic rings. The molecule has 7 nitrogen and oxygen atoms in total. The summed E-state index contributed by atoms with van der Waals surface area (Å²) in [7, 11) is 1.50. The summed E-state index contributed by atoms with van der Waals surface area (Å²) in [4.78, 5) is 23.8. The number of nitrogens with one attached hydrogen (secondary N) is 1. The second-order valence-corrected chi connectivity index (χ2v) is 7.04. The van der Waals surface area contributed by atoms with Gasteiger partial charge in [0, 0.05) is 29.8 Å². The molecule has 0 bridgehead atoms. The first-order chi connectivity index (χ1) is 15.0. The van der Waals surface area contributed by atoms with Gasteiger partial charge in [0.25, 0.3) is 5.91 Å². The summed E-state index contributed by atoms with van der Waals surface area (Å²) in [6, 6.07) is 12.4. The van der Waals surface area contributed by atoms with E-state index in [4.69, 9.17) is 4.74 Å². The van der Waals surface area contributed by atoms with Crippen LogP contribution in [0, 0.1) is 0 Å². The number of benzene rings is 2. The Labute approximate surface area is 182 Å². The topological polar surface area (TPSA) is 87.6 Å². The standard InChI is InChI=1S/C24H28N4O3/c1-4-28(5-2)12-11-26-24(30)19-8-6-7-17(13-19)20-15-25-16-21(27-20)18-9-10-22(29)23(14-18)31-3/h6-10,13-16,29H,4-5,11-12H2,1-3H3,(H,26,30). The average Bonchev–Trinajstić information content (AvgIpc) is 2.82. The molecule has 2 aromatic carbocycles. The van der Waals surface area contributed by atoms with Crippen molar-refractivity contribution in [1.29, 1.82) is 0 Å². The predicted molar refractivity (Wildman–Crippen MR) is 121 cm³/mol. The number of rotatable bonds is 9. The van der Waals surface area contributed by atoms with E-state index in [1.807, 2.05) is 18.2 Å². The number of aromatic hydroxyl groups is 1. The number of carbonyl (C=O) groups is 1. The van der Waals surface area contributed by atoms with Gasteiger partial charge in [-0.15, -0.1) is 0 Å². The number of hydrogen-bond donors (Lipinski definition) is 2. The third kappa shape index (κ3) is 5.58. The van der Waals surface area contributed by atoms with Gasteiger partial charge < -0.3 is 20.1 Å². The first kappa shape index (κ1) is 22.2. The molecule has 31 heavy (non-hydrogen) atoms. The smallest absolute Gasteiger partial charge is 0.251 e. The Morgan fingerprint density at radius 3 is 2.45 bits per heavy atom. The van der Waals surface area contributed by atoms with Crippen LogP contribution in [0.25, 0.3) is 22.5 Å². The Balaban J connectivity index is 1.78. The summed E-state index contributed by atoms with van der Waals surface area (Å²) < 4.78 is 5.18. The number of methoxy groups -OCH3 is 1. The summed E-state index contributed by atoms with van der Waals surface area (Å²) in [5.74, 6) is 0.324. The fourth-order valence-corrected chi connectivity index (χ4v) is 3.27. The number of nitrogens with zero attached hydrogens (tertiary/aromatic N) is 3. The molecule has 0 saturated carbocycles. The van der Waals surface area contributed by atoms with Crippen LogP contribution in [0.3, 0.4) is 0 Å². The molecule has 0 aliphatic heterocycles. The summed E-state index contributed by atoms with van der Waals surface area (Å²) in [5.41, 5.74) is 3.45. The van der Waals surface area contributed by atoms with E-state index in [1.54, 1.807) is 36.7 Å². The molecule has 3 rings (SSSR count). The molecule has 0 radical (unpaired) electrons. The molecule has 0 saturated heterocycles. The summed E-state index contributed by atoms with van der Waals surface area (Å²) >= 11 is 0. The summed E-state index contributed by atoms with van der Waals surface area (Å²) in [5, 5.41) is 12.8. The zero-order chi connectivity index (χ0) is 22.2. The maximum Gasteiger partial charge on any atom is 0.251 e. The van der Waals surface area contributed by atoms with Gasteiger partial charge in [0.15, 0.2) is 11.5 Å². The highest BCUT2D eigenvalue weighted by Gasteiger charge is 2.11. The molecule has 0 unspecified atom stereocenters. The Hall–Kier alpha value is -3.45. The van der Waals surface area contributed by atoms with Crippen LogP contribution < -0.4 is 10.1 Å². The lowest BCUT2D eigenvalue weighted by Gasteiger charge is -2.18. The van der Waals surface area contributed by atoms with Crippen molar-refractivity contribution < 1.29 is 14.6 Å². The van der Waals surface area contributed by atoms with E-state index in [1.165, 1.54) is 7.11 Å². The van der Waals surface area contributed by atoms with Gasteiger partial charge >= 0.3 is 0 Å². The molecule has 1 heterocycles. The fourth-order valence-electron chi connectivity index (χ4n) is 3.27. The highest BCUT2D eigenvalue weighted by molar-refractivity contribution is 5.95. The van der Waals surface area contributed by atoms with Crippen molar-refractivity contribution in [2.45, 2.75) is 13.8 Å². The number of carbonyl (C=O) groups excluding carboxylic acids is 1. The Bertz CT molecular complexity index is 1030.